The van der Waals surface area contributed by atoms with Gasteiger partial charge >= 0.3 is 23.9 Å². The zero-order valence-corrected chi connectivity index (χ0v) is 45.5. The predicted molar refractivity (Wildman–Crippen MR) is 272 cm³/mol. The predicted octanol–water partition coefficient (Wildman–Crippen LogP) is 3.76. The van der Waals surface area contributed by atoms with Crippen LogP contribution < -0.4 is 18.9 Å². The van der Waals surface area contributed by atoms with Crippen LogP contribution in [-0.2, 0) is 65.2 Å². The molecule has 2 saturated heterocycles. The molecule has 1 amide bonds. The summed E-state index contributed by atoms with van der Waals surface area (Å²) in [4.78, 5) is 75.1. The number of aliphatic hydroxyl groups excluding tert-OH is 1. The van der Waals surface area contributed by atoms with E-state index in [0.717, 1.165) is 30.9 Å². The Kier molecular flexibility index (Phi) is 14.5. The first-order valence-corrected chi connectivity index (χ1v) is 26.9. The highest BCUT2D eigenvalue weighted by Crippen LogP contribution is 2.62. The van der Waals surface area contributed by atoms with E-state index in [1.807, 2.05) is 55.2 Å². The standard InChI is InChI=1S/C57H72N2O19/c1-30(2)10-17-57(68,48(61)50(63)72-8)52(65)78-47-42(70-6)26-55-24-35(49(62)59(55)19-13-32-21-38-40(76-29-74-38)23-34(32)45(47)55)36-11-16-54-25-41(69-5)46(77-51(64)56(67,27-43(60)71-7)15-9-14-53(3,4)66)44(54)33-22-39-37(73-28-75-39)20-31(33)12-18-58(36)54/h20-23,25-26,30,35-36,44-48,61,66-68H,9-19,24,27-29H2,1-8H3. The molecule has 2 aromatic carbocycles. The third-order valence-corrected chi connectivity index (χ3v) is 17.8. The van der Waals surface area contributed by atoms with Crippen molar-refractivity contribution in [1.29, 1.82) is 0 Å². The van der Waals surface area contributed by atoms with Crippen LogP contribution in [0.5, 0.6) is 23.0 Å². The molecule has 10 rings (SSSR count). The Labute approximate surface area is 452 Å². The Balaban J connectivity index is 1.04. The Bertz CT molecular complexity index is 2810. The Hall–Kier alpha value is -6.13. The highest BCUT2D eigenvalue weighted by molar-refractivity contribution is 5.90. The summed E-state index contributed by atoms with van der Waals surface area (Å²) in [6.07, 6.45) is 0.537. The molecule has 0 radical (unpaired) electrons. The van der Waals surface area contributed by atoms with Gasteiger partial charge in [-0.15, -0.1) is 0 Å². The summed E-state index contributed by atoms with van der Waals surface area (Å²) >= 11 is 0. The molecule has 2 spiro atoms. The minimum atomic E-state index is -2.72. The summed E-state index contributed by atoms with van der Waals surface area (Å²) in [6.45, 7) is 7.65. The van der Waals surface area contributed by atoms with Crippen molar-refractivity contribution in [3.05, 3.63) is 70.2 Å². The summed E-state index contributed by atoms with van der Waals surface area (Å²) in [7, 11) is 5.11. The number of methoxy groups -OCH3 is 4. The quantitative estimate of drug-likeness (QED) is 0.122. The van der Waals surface area contributed by atoms with Gasteiger partial charge in [0.05, 0.1) is 69.3 Å². The molecule has 8 aliphatic rings. The van der Waals surface area contributed by atoms with Crippen molar-refractivity contribution in [1.82, 2.24) is 9.80 Å². The lowest BCUT2D eigenvalue weighted by Gasteiger charge is -2.42. The van der Waals surface area contributed by atoms with E-state index in [1.165, 1.54) is 14.2 Å². The van der Waals surface area contributed by atoms with Gasteiger partial charge in [0.1, 0.15) is 11.5 Å². The van der Waals surface area contributed by atoms with Gasteiger partial charge in [-0.25, -0.2) is 14.4 Å². The lowest BCUT2D eigenvalue weighted by Crippen LogP contribution is -2.56. The third-order valence-electron chi connectivity index (χ3n) is 17.8. The van der Waals surface area contributed by atoms with Crippen LogP contribution in [0.1, 0.15) is 120 Å². The summed E-state index contributed by atoms with van der Waals surface area (Å²) in [5, 5.41) is 46.0. The van der Waals surface area contributed by atoms with E-state index >= 15 is 4.79 Å². The number of amides is 1. The normalized spacial score (nSPS) is 29.2. The Morgan fingerprint density at radius 2 is 1.29 bits per heavy atom. The molecule has 2 aromatic rings. The molecule has 424 valence electrons. The molecular weight excluding hydrogens is 1020 g/mol. The fourth-order valence-corrected chi connectivity index (χ4v) is 13.9. The monoisotopic (exact) mass is 1090 g/mol. The van der Waals surface area contributed by atoms with E-state index in [0.29, 0.717) is 66.5 Å². The van der Waals surface area contributed by atoms with Crippen molar-refractivity contribution < 1.29 is 91.8 Å². The number of rotatable bonds is 18. The summed E-state index contributed by atoms with van der Waals surface area (Å²) in [5.41, 5.74) is -5.15. The van der Waals surface area contributed by atoms with Crippen LogP contribution in [-0.4, -0.2) is 167 Å². The van der Waals surface area contributed by atoms with E-state index < -0.39 is 100 Å². The van der Waals surface area contributed by atoms with Gasteiger partial charge in [-0.3, -0.25) is 14.5 Å². The highest BCUT2D eigenvalue weighted by Gasteiger charge is 2.68. The van der Waals surface area contributed by atoms with Gasteiger partial charge in [0, 0.05) is 19.1 Å². The van der Waals surface area contributed by atoms with Crippen LogP contribution >= 0.6 is 0 Å². The molecule has 0 saturated carbocycles. The summed E-state index contributed by atoms with van der Waals surface area (Å²) in [6, 6.07) is 7.11. The molecule has 6 aliphatic heterocycles. The minimum absolute atomic E-state index is 0.0119. The van der Waals surface area contributed by atoms with Gasteiger partial charge < -0.3 is 72.7 Å². The second-order valence-corrected chi connectivity index (χ2v) is 23.2. The van der Waals surface area contributed by atoms with E-state index in [9.17, 15) is 39.6 Å². The van der Waals surface area contributed by atoms with Gasteiger partial charge in [-0.2, -0.15) is 0 Å². The summed E-state index contributed by atoms with van der Waals surface area (Å²) < 4.78 is 58.4. The fraction of sp³-hybridized carbons (Fsp3) is 0.632. The van der Waals surface area contributed by atoms with Crippen LogP contribution in [0.15, 0.2) is 47.9 Å². The molecule has 78 heavy (non-hydrogen) atoms. The smallest absolute Gasteiger partial charge is 0.342 e. The molecule has 11 unspecified atom stereocenters. The minimum Gasteiger partial charge on any atom is -0.497 e. The van der Waals surface area contributed by atoms with Crippen molar-refractivity contribution in [2.45, 2.75) is 162 Å². The topological polar surface area (TPSA) is 265 Å². The zero-order chi connectivity index (χ0) is 55.9. The number of esters is 4. The fourth-order valence-electron chi connectivity index (χ4n) is 13.9. The number of benzene rings is 2. The number of ether oxygens (including phenoxy) is 10. The average Bonchev–Trinajstić information content (AvgIpc) is 4.12. The van der Waals surface area contributed by atoms with Crippen LogP contribution in [0, 0.1) is 11.8 Å². The van der Waals surface area contributed by atoms with Crippen LogP contribution in [0.2, 0.25) is 0 Å². The van der Waals surface area contributed by atoms with Crippen molar-refractivity contribution in [3.63, 3.8) is 0 Å². The lowest BCUT2D eigenvalue weighted by molar-refractivity contribution is -0.195. The Morgan fingerprint density at radius 3 is 1.85 bits per heavy atom. The molecule has 2 fully saturated rings. The van der Waals surface area contributed by atoms with E-state index in [4.69, 9.17) is 47.4 Å². The molecule has 0 aromatic heterocycles. The number of carbonyl (C=O) groups is 5. The third kappa shape index (κ3) is 9.19. The molecule has 11 atom stereocenters. The van der Waals surface area contributed by atoms with Crippen molar-refractivity contribution >= 4 is 29.8 Å². The van der Waals surface area contributed by atoms with Gasteiger partial charge in [-0.1, -0.05) is 13.8 Å². The van der Waals surface area contributed by atoms with Gasteiger partial charge in [-0.05, 0) is 143 Å². The molecule has 2 aliphatic carbocycles. The average molecular weight is 1090 g/mol. The molecule has 4 N–H and O–H groups in total. The van der Waals surface area contributed by atoms with Gasteiger partial charge in [0.15, 0.2) is 52.5 Å². The highest BCUT2D eigenvalue weighted by atomic mass is 16.7. The van der Waals surface area contributed by atoms with Gasteiger partial charge in [0.25, 0.3) is 0 Å². The maximum absolute atomic E-state index is 15.8. The summed E-state index contributed by atoms with van der Waals surface area (Å²) in [5.74, 6) is -4.29. The first-order valence-electron chi connectivity index (χ1n) is 26.9. The van der Waals surface area contributed by atoms with Crippen LogP contribution in [0.4, 0.5) is 0 Å². The molecular formula is C57H72N2O19. The number of aliphatic hydroxyl groups is 4. The van der Waals surface area contributed by atoms with Gasteiger partial charge in [0.2, 0.25) is 19.5 Å². The maximum Gasteiger partial charge on any atom is 0.342 e. The van der Waals surface area contributed by atoms with E-state index in [-0.39, 0.29) is 76.2 Å². The van der Waals surface area contributed by atoms with Crippen molar-refractivity contribution in [3.8, 4) is 23.0 Å². The largest absolute Gasteiger partial charge is 0.497 e. The zero-order valence-electron chi connectivity index (χ0n) is 45.5. The van der Waals surface area contributed by atoms with Crippen molar-refractivity contribution in [2.75, 3.05) is 55.1 Å². The Morgan fingerprint density at radius 1 is 0.744 bits per heavy atom. The number of fused-ring (bicyclic) bond motifs is 6. The van der Waals surface area contributed by atoms with E-state index in [2.05, 4.69) is 4.90 Å². The van der Waals surface area contributed by atoms with E-state index in [1.54, 1.807) is 13.8 Å². The van der Waals surface area contributed by atoms with Crippen LogP contribution in [0.3, 0.4) is 0 Å². The SMILES string of the molecule is COC(=O)CC(O)(CCCC(C)(C)O)C(=O)OC1C(OC)=CC23CCC(C4CC56C=C(OC)C(OC(=O)C(O)(CCC(C)C)C(O)C(=O)OC)C5c5cc7c(cc5CCN6C4=O)OCO7)N2CCc2cc4c(cc2C13)OCO4. The molecule has 21 heteroatoms. The molecule has 0 bridgehead atoms. The number of hydrogen-bond acceptors (Lipinski definition) is 20. The second kappa shape index (κ2) is 20.5. The second-order valence-electron chi connectivity index (χ2n) is 23.2. The number of hydrogen-bond donors (Lipinski definition) is 4. The lowest BCUT2D eigenvalue weighted by atomic mass is 9.75. The molecule has 6 heterocycles. The maximum atomic E-state index is 15.8. The first-order chi connectivity index (χ1) is 37.0. The van der Waals surface area contributed by atoms with Crippen LogP contribution in [0.25, 0.3) is 0 Å². The molecule has 21 nitrogen and oxygen atoms in total. The van der Waals surface area contributed by atoms with Crippen molar-refractivity contribution in [2.24, 2.45) is 11.8 Å². The first kappa shape index (κ1) is 55.2. The number of nitrogens with zero attached hydrogens (tertiary/aromatic N) is 2. The number of carbonyl (C=O) groups excluding carboxylic acids is 5.